The first-order valence-corrected chi connectivity index (χ1v) is 10.7. The second kappa shape index (κ2) is 6.66. The minimum Gasteiger partial charge on any atom is -0.369 e. The van der Waals surface area contributed by atoms with E-state index < -0.39 is 0 Å². The van der Waals surface area contributed by atoms with Crippen molar-refractivity contribution in [3.05, 3.63) is 52.7 Å². The molecule has 1 fully saturated rings. The summed E-state index contributed by atoms with van der Waals surface area (Å²) in [5.74, 6) is 1.05. The lowest BCUT2D eigenvalue weighted by atomic mass is 9.79. The number of thiophene rings is 1. The van der Waals surface area contributed by atoms with E-state index in [4.69, 9.17) is 0 Å². The molecule has 26 heavy (non-hydrogen) atoms. The Bertz CT molecular complexity index is 910. The molecule has 0 aliphatic heterocycles. The Balaban J connectivity index is 1.49. The number of benzene rings is 1. The number of aromatic nitrogens is 2. The van der Waals surface area contributed by atoms with Gasteiger partial charge in [-0.15, -0.1) is 11.3 Å². The lowest BCUT2D eigenvalue weighted by Gasteiger charge is -2.30. The van der Waals surface area contributed by atoms with Gasteiger partial charge in [-0.2, -0.15) is 0 Å². The van der Waals surface area contributed by atoms with E-state index in [1.807, 2.05) is 11.3 Å². The van der Waals surface area contributed by atoms with Crippen LogP contribution in [0.5, 0.6) is 0 Å². The van der Waals surface area contributed by atoms with Crippen LogP contribution in [0, 0.1) is 0 Å². The third-order valence-electron chi connectivity index (χ3n) is 6.29. The fraction of sp³-hybridized carbons (Fsp3) is 0.455. The minimum absolute atomic E-state index is 0.245. The van der Waals surface area contributed by atoms with Crippen LogP contribution in [-0.4, -0.2) is 16.5 Å². The van der Waals surface area contributed by atoms with Crippen LogP contribution in [0.25, 0.3) is 10.2 Å². The summed E-state index contributed by atoms with van der Waals surface area (Å²) in [6, 6.07) is 11.1. The largest absolute Gasteiger partial charge is 0.369 e. The molecule has 1 N–H and O–H groups in total. The Hall–Kier alpha value is -1.94. The summed E-state index contributed by atoms with van der Waals surface area (Å²) in [5, 5.41) is 5.06. The van der Waals surface area contributed by atoms with Gasteiger partial charge in [-0.3, -0.25) is 0 Å². The molecule has 0 radical (unpaired) electrons. The molecule has 0 saturated heterocycles. The first-order valence-electron chi connectivity index (χ1n) is 9.90. The van der Waals surface area contributed by atoms with Crippen molar-refractivity contribution in [2.75, 3.05) is 11.9 Å². The van der Waals surface area contributed by atoms with E-state index in [0.717, 1.165) is 17.2 Å². The number of rotatable bonds is 4. The maximum absolute atomic E-state index is 4.66. The van der Waals surface area contributed by atoms with Crippen molar-refractivity contribution in [2.24, 2.45) is 0 Å². The molecule has 1 aromatic carbocycles. The Labute approximate surface area is 158 Å². The van der Waals surface area contributed by atoms with Crippen LogP contribution in [0.15, 0.2) is 36.7 Å². The van der Waals surface area contributed by atoms with Crippen molar-refractivity contribution in [2.45, 2.75) is 56.8 Å². The molecule has 1 saturated carbocycles. The van der Waals surface area contributed by atoms with Gasteiger partial charge in [0.1, 0.15) is 17.0 Å². The number of aryl methyl sites for hydroxylation is 2. The highest BCUT2D eigenvalue weighted by molar-refractivity contribution is 7.19. The van der Waals surface area contributed by atoms with Crippen LogP contribution >= 0.6 is 11.3 Å². The van der Waals surface area contributed by atoms with E-state index in [2.05, 4.69) is 45.6 Å². The summed E-state index contributed by atoms with van der Waals surface area (Å²) in [6.07, 6.45) is 11.9. The first kappa shape index (κ1) is 16.2. The molecule has 134 valence electrons. The Morgan fingerprint density at radius 2 is 1.77 bits per heavy atom. The molecule has 0 bridgehead atoms. The van der Waals surface area contributed by atoms with E-state index in [0.29, 0.717) is 0 Å². The third kappa shape index (κ3) is 2.71. The van der Waals surface area contributed by atoms with Crippen LogP contribution in [-0.2, 0) is 18.3 Å². The second-order valence-electron chi connectivity index (χ2n) is 7.82. The molecule has 2 aromatic heterocycles. The fourth-order valence-corrected chi connectivity index (χ4v) is 6.12. The van der Waals surface area contributed by atoms with Gasteiger partial charge in [0, 0.05) is 16.8 Å². The highest BCUT2D eigenvalue weighted by atomic mass is 32.1. The van der Waals surface area contributed by atoms with Crippen LogP contribution in [0.2, 0.25) is 0 Å². The lowest BCUT2D eigenvalue weighted by molar-refractivity contribution is 0.466. The molecule has 0 unspecified atom stereocenters. The van der Waals surface area contributed by atoms with Crippen molar-refractivity contribution in [3.63, 3.8) is 0 Å². The van der Waals surface area contributed by atoms with E-state index >= 15 is 0 Å². The summed E-state index contributed by atoms with van der Waals surface area (Å²) >= 11 is 1.88. The second-order valence-corrected chi connectivity index (χ2v) is 8.90. The Morgan fingerprint density at radius 3 is 2.62 bits per heavy atom. The van der Waals surface area contributed by atoms with Gasteiger partial charge < -0.3 is 5.32 Å². The van der Waals surface area contributed by atoms with Crippen molar-refractivity contribution in [1.82, 2.24) is 9.97 Å². The summed E-state index contributed by atoms with van der Waals surface area (Å²) < 4.78 is 0. The molecule has 0 amide bonds. The van der Waals surface area contributed by atoms with Crippen molar-refractivity contribution >= 4 is 27.4 Å². The summed E-state index contributed by atoms with van der Waals surface area (Å²) in [4.78, 5) is 11.9. The monoisotopic (exact) mass is 363 g/mol. The zero-order valence-electron chi connectivity index (χ0n) is 15.1. The van der Waals surface area contributed by atoms with Gasteiger partial charge in [0.2, 0.25) is 0 Å². The van der Waals surface area contributed by atoms with E-state index in [-0.39, 0.29) is 5.41 Å². The first-order chi connectivity index (χ1) is 12.9. The van der Waals surface area contributed by atoms with Gasteiger partial charge >= 0.3 is 0 Å². The molecular weight excluding hydrogens is 338 g/mol. The molecular formula is C22H25N3S. The zero-order valence-corrected chi connectivity index (χ0v) is 15.9. The summed E-state index contributed by atoms with van der Waals surface area (Å²) in [7, 11) is 0. The third-order valence-corrected chi connectivity index (χ3v) is 7.49. The molecule has 0 spiro atoms. The molecule has 2 heterocycles. The Kier molecular flexibility index (Phi) is 4.16. The van der Waals surface area contributed by atoms with Gasteiger partial charge in [-0.05, 0) is 49.7 Å². The van der Waals surface area contributed by atoms with E-state index in [9.17, 15) is 0 Å². The van der Waals surface area contributed by atoms with Gasteiger partial charge in [0.05, 0.1) is 5.39 Å². The fourth-order valence-electron chi connectivity index (χ4n) is 4.89. The predicted molar refractivity (Wildman–Crippen MR) is 109 cm³/mol. The van der Waals surface area contributed by atoms with Crippen LogP contribution in [0.3, 0.4) is 0 Å². The molecule has 2 aliphatic carbocycles. The summed E-state index contributed by atoms with van der Waals surface area (Å²) in [5.41, 5.74) is 3.23. The predicted octanol–water partition coefficient (Wildman–Crippen LogP) is 5.49. The molecule has 3 aromatic rings. The van der Waals surface area contributed by atoms with E-state index in [1.165, 1.54) is 72.8 Å². The highest BCUT2D eigenvalue weighted by Crippen LogP contribution is 2.42. The number of anilines is 1. The number of hydrogen-bond acceptors (Lipinski definition) is 4. The number of nitrogens with one attached hydrogen (secondary N) is 1. The van der Waals surface area contributed by atoms with Gasteiger partial charge in [-0.25, -0.2) is 9.97 Å². The number of fused-ring (bicyclic) bond motifs is 3. The quantitative estimate of drug-likeness (QED) is 0.665. The van der Waals surface area contributed by atoms with Gasteiger partial charge in [0.25, 0.3) is 0 Å². The smallest absolute Gasteiger partial charge is 0.138 e. The maximum Gasteiger partial charge on any atom is 0.138 e. The maximum atomic E-state index is 4.66. The molecule has 5 rings (SSSR count). The topological polar surface area (TPSA) is 37.8 Å². The molecule has 4 heteroatoms. The van der Waals surface area contributed by atoms with Crippen LogP contribution in [0.1, 0.15) is 54.5 Å². The molecule has 0 atom stereocenters. The van der Waals surface area contributed by atoms with E-state index in [1.54, 1.807) is 6.33 Å². The minimum atomic E-state index is 0.245. The van der Waals surface area contributed by atoms with Crippen molar-refractivity contribution in [1.29, 1.82) is 0 Å². The number of hydrogen-bond donors (Lipinski definition) is 1. The van der Waals surface area contributed by atoms with Gasteiger partial charge in [-0.1, -0.05) is 43.2 Å². The normalized spacial score (nSPS) is 18.8. The van der Waals surface area contributed by atoms with Crippen molar-refractivity contribution < 1.29 is 0 Å². The van der Waals surface area contributed by atoms with Crippen molar-refractivity contribution in [3.8, 4) is 0 Å². The lowest BCUT2D eigenvalue weighted by Crippen LogP contribution is -2.31. The average Bonchev–Trinajstić information content (AvgIpc) is 3.33. The van der Waals surface area contributed by atoms with Crippen LogP contribution in [0.4, 0.5) is 5.82 Å². The van der Waals surface area contributed by atoms with Gasteiger partial charge in [0.15, 0.2) is 0 Å². The standard InChI is InChI=1S/C22H25N3S/c1-2-8-16(9-3-1)22(12-6-7-13-22)14-23-20-19-17-10-4-5-11-18(17)26-21(19)25-15-24-20/h1-3,8-9,15H,4-7,10-14H2,(H,23,24,25). The molecule has 2 aliphatic rings. The number of nitrogens with zero attached hydrogens (tertiary/aromatic N) is 2. The summed E-state index contributed by atoms with van der Waals surface area (Å²) in [6.45, 7) is 0.966. The SMILES string of the molecule is c1ccc(C2(CNc3ncnc4sc5c(c34)CCCC5)CCCC2)cc1. The average molecular weight is 364 g/mol. The molecule has 3 nitrogen and oxygen atoms in total. The van der Waals surface area contributed by atoms with Crippen LogP contribution < -0.4 is 5.32 Å². The Morgan fingerprint density at radius 1 is 0.962 bits per heavy atom. The zero-order chi connectivity index (χ0) is 17.4. The highest BCUT2D eigenvalue weighted by Gasteiger charge is 2.35.